The largest absolute Gasteiger partial charge is 0.490 e. The molecule has 16 heavy (non-hydrogen) atoms. The van der Waals surface area contributed by atoms with Gasteiger partial charge in [0, 0.05) is 12.8 Å². The highest BCUT2D eigenvalue weighted by molar-refractivity contribution is 5.85. The van der Waals surface area contributed by atoms with Crippen LogP contribution in [-0.2, 0) is 11.0 Å². The molecule has 1 aromatic carbocycles. The van der Waals surface area contributed by atoms with Crippen molar-refractivity contribution in [2.24, 2.45) is 0 Å². The number of benzene rings is 1. The third-order valence-corrected chi connectivity index (χ3v) is 2.37. The van der Waals surface area contributed by atoms with Crippen molar-refractivity contribution in [2.45, 2.75) is 25.1 Å². The topological polar surface area (TPSA) is 26.3 Å². The molecule has 0 aliphatic heterocycles. The van der Waals surface area contributed by atoms with E-state index in [1.54, 1.807) is 0 Å². The lowest BCUT2D eigenvalue weighted by Crippen LogP contribution is -2.33. The van der Waals surface area contributed by atoms with Gasteiger partial charge in [-0.05, 0) is 18.2 Å². The number of halogens is 3. The molecule has 1 saturated carbocycles. The minimum Gasteiger partial charge on any atom is -0.490 e. The average Bonchev–Trinajstić information content (AvgIpc) is 2.14. The Labute approximate surface area is 90.0 Å². The van der Waals surface area contributed by atoms with E-state index in [0.717, 1.165) is 12.1 Å². The number of hydrogen-bond donors (Lipinski definition) is 0. The van der Waals surface area contributed by atoms with Crippen molar-refractivity contribution in [1.82, 2.24) is 0 Å². The summed E-state index contributed by atoms with van der Waals surface area (Å²) in [5.41, 5.74) is -0.740. The molecule has 0 N–H and O–H groups in total. The van der Waals surface area contributed by atoms with Gasteiger partial charge >= 0.3 is 6.18 Å². The average molecular weight is 230 g/mol. The second-order valence-corrected chi connectivity index (χ2v) is 3.71. The Hall–Kier alpha value is -1.52. The number of carbonyl (C=O) groups excluding carboxylic acids is 1. The molecule has 1 aliphatic carbocycles. The molecule has 0 heterocycles. The van der Waals surface area contributed by atoms with Crippen molar-refractivity contribution >= 4 is 5.78 Å². The van der Waals surface area contributed by atoms with Crippen molar-refractivity contribution in [3.63, 3.8) is 0 Å². The zero-order valence-electron chi connectivity index (χ0n) is 8.25. The lowest BCUT2D eigenvalue weighted by Gasteiger charge is -2.25. The highest BCUT2D eigenvalue weighted by Gasteiger charge is 2.32. The zero-order chi connectivity index (χ0) is 11.8. The summed E-state index contributed by atoms with van der Waals surface area (Å²) in [6.45, 7) is 0. The summed E-state index contributed by atoms with van der Waals surface area (Å²) in [7, 11) is 0. The monoisotopic (exact) mass is 230 g/mol. The molecule has 0 unspecified atom stereocenters. The first-order chi connectivity index (χ1) is 7.45. The molecule has 1 aromatic rings. The lowest BCUT2D eigenvalue weighted by atomic mass is 9.94. The van der Waals surface area contributed by atoms with Crippen LogP contribution in [0.5, 0.6) is 5.75 Å². The van der Waals surface area contributed by atoms with Gasteiger partial charge in [0.1, 0.15) is 17.6 Å². The molecule has 0 atom stereocenters. The van der Waals surface area contributed by atoms with Crippen LogP contribution in [0.1, 0.15) is 18.4 Å². The van der Waals surface area contributed by atoms with Gasteiger partial charge < -0.3 is 4.74 Å². The number of alkyl halides is 3. The SMILES string of the molecule is O=C1CC(Oc2cccc(C(F)(F)F)c2)C1. The summed E-state index contributed by atoms with van der Waals surface area (Å²) < 4.78 is 42.3. The maximum atomic E-state index is 12.4. The summed E-state index contributed by atoms with van der Waals surface area (Å²) in [5, 5.41) is 0. The van der Waals surface area contributed by atoms with Crippen molar-refractivity contribution in [1.29, 1.82) is 0 Å². The van der Waals surface area contributed by atoms with E-state index >= 15 is 0 Å². The molecule has 0 aromatic heterocycles. The molecule has 1 aliphatic rings. The Morgan fingerprint density at radius 2 is 1.94 bits per heavy atom. The third-order valence-electron chi connectivity index (χ3n) is 2.37. The van der Waals surface area contributed by atoms with Crippen LogP contribution in [0, 0.1) is 0 Å². The number of rotatable bonds is 2. The van der Waals surface area contributed by atoms with Crippen molar-refractivity contribution in [3.8, 4) is 5.75 Å². The van der Waals surface area contributed by atoms with Gasteiger partial charge in [-0.1, -0.05) is 6.07 Å². The number of hydrogen-bond acceptors (Lipinski definition) is 2. The van der Waals surface area contributed by atoms with Crippen LogP contribution >= 0.6 is 0 Å². The van der Waals surface area contributed by atoms with E-state index in [4.69, 9.17) is 4.74 Å². The standard InChI is InChI=1S/C11H9F3O2/c12-11(13,14)7-2-1-3-9(4-7)16-10-5-8(15)6-10/h1-4,10H,5-6H2. The summed E-state index contributed by atoms with van der Waals surface area (Å²) in [6.07, 6.45) is -4.06. The fourth-order valence-corrected chi connectivity index (χ4v) is 1.47. The van der Waals surface area contributed by atoms with Gasteiger partial charge in [-0.15, -0.1) is 0 Å². The summed E-state index contributed by atoms with van der Waals surface area (Å²) >= 11 is 0. The van der Waals surface area contributed by atoms with Gasteiger partial charge in [-0.25, -0.2) is 0 Å². The first-order valence-corrected chi connectivity index (χ1v) is 4.81. The molecule has 0 bridgehead atoms. The Morgan fingerprint density at radius 1 is 1.25 bits per heavy atom. The summed E-state index contributed by atoms with van der Waals surface area (Å²) in [6, 6.07) is 4.68. The third kappa shape index (κ3) is 2.35. The number of Topliss-reactive ketones (excluding diaryl/α,β-unsaturated/α-hetero) is 1. The second kappa shape index (κ2) is 3.81. The molecule has 86 valence electrons. The molecule has 0 radical (unpaired) electrons. The van der Waals surface area contributed by atoms with Crippen LogP contribution in [0.15, 0.2) is 24.3 Å². The second-order valence-electron chi connectivity index (χ2n) is 3.71. The van der Waals surface area contributed by atoms with Crippen LogP contribution in [0.25, 0.3) is 0 Å². The Balaban J connectivity index is 2.07. The highest BCUT2D eigenvalue weighted by Crippen LogP contribution is 2.32. The van der Waals surface area contributed by atoms with Crippen molar-refractivity contribution < 1.29 is 22.7 Å². The zero-order valence-corrected chi connectivity index (χ0v) is 8.25. The van der Waals surface area contributed by atoms with Gasteiger partial charge in [0.25, 0.3) is 0 Å². The smallest absolute Gasteiger partial charge is 0.416 e. The molecule has 0 saturated heterocycles. The Bertz CT molecular complexity index is 404. The van der Waals surface area contributed by atoms with E-state index < -0.39 is 11.7 Å². The first-order valence-electron chi connectivity index (χ1n) is 4.81. The molecule has 1 fully saturated rings. The van der Waals surface area contributed by atoms with Crippen molar-refractivity contribution in [2.75, 3.05) is 0 Å². The van der Waals surface area contributed by atoms with Gasteiger partial charge in [-0.3, -0.25) is 4.79 Å². The van der Waals surface area contributed by atoms with Gasteiger partial charge in [-0.2, -0.15) is 13.2 Å². The first kappa shape index (κ1) is 11.0. The van der Waals surface area contributed by atoms with Crippen LogP contribution in [0.3, 0.4) is 0 Å². The van der Waals surface area contributed by atoms with Gasteiger partial charge in [0.05, 0.1) is 5.56 Å². The maximum absolute atomic E-state index is 12.4. The predicted octanol–water partition coefficient (Wildman–Crippen LogP) is 2.82. The fourth-order valence-electron chi connectivity index (χ4n) is 1.47. The highest BCUT2D eigenvalue weighted by atomic mass is 19.4. The molecule has 0 amide bonds. The molecule has 2 nitrogen and oxygen atoms in total. The Kier molecular flexibility index (Phi) is 2.61. The molecular weight excluding hydrogens is 221 g/mol. The van der Waals surface area contributed by atoms with E-state index in [-0.39, 0.29) is 30.5 Å². The predicted molar refractivity (Wildman–Crippen MR) is 50.1 cm³/mol. The fraction of sp³-hybridized carbons (Fsp3) is 0.364. The summed E-state index contributed by atoms with van der Waals surface area (Å²) in [5.74, 6) is 0.240. The molecule has 0 spiro atoms. The lowest BCUT2D eigenvalue weighted by molar-refractivity contribution is -0.138. The van der Waals surface area contributed by atoms with E-state index in [2.05, 4.69) is 0 Å². The van der Waals surface area contributed by atoms with Gasteiger partial charge in [0.15, 0.2) is 0 Å². The van der Waals surface area contributed by atoms with E-state index in [0.29, 0.717) is 0 Å². The number of ether oxygens (including phenoxy) is 1. The number of ketones is 1. The molecule has 2 rings (SSSR count). The van der Waals surface area contributed by atoms with Crippen LogP contribution in [0.2, 0.25) is 0 Å². The Morgan fingerprint density at radius 3 is 2.50 bits per heavy atom. The van der Waals surface area contributed by atoms with Crippen LogP contribution in [-0.4, -0.2) is 11.9 Å². The van der Waals surface area contributed by atoms with Crippen molar-refractivity contribution in [3.05, 3.63) is 29.8 Å². The van der Waals surface area contributed by atoms with Crippen LogP contribution < -0.4 is 4.74 Å². The van der Waals surface area contributed by atoms with E-state index in [9.17, 15) is 18.0 Å². The summed E-state index contributed by atoms with van der Waals surface area (Å²) in [4.78, 5) is 10.7. The number of carbonyl (C=O) groups is 1. The molecular formula is C11H9F3O2. The van der Waals surface area contributed by atoms with Crippen LogP contribution in [0.4, 0.5) is 13.2 Å². The minimum atomic E-state index is -4.37. The molecule has 5 heteroatoms. The van der Waals surface area contributed by atoms with E-state index in [1.165, 1.54) is 12.1 Å². The van der Waals surface area contributed by atoms with Gasteiger partial charge in [0.2, 0.25) is 0 Å². The normalized spacial score (nSPS) is 17.1. The maximum Gasteiger partial charge on any atom is 0.416 e. The quantitative estimate of drug-likeness (QED) is 0.780. The van der Waals surface area contributed by atoms with E-state index in [1.807, 2.05) is 0 Å². The minimum absolute atomic E-state index is 0.0805.